The number of nitrogens with two attached hydrogens (primary N) is 1. The number of carbonyl (C=O) groups excluding carboxylic acids is 1. The molecule has 2 heterocycles. The van der Waals surface area contributed by atoms with Gasteiger partial charge in [0, 0.05) is 10.9 Å². The fourth-order valence-electron chi connectivity index (χ4n) is 2.09. The number of nitrogens with one attached hydrogen (secondary N) is 1. The Labute approximate surface area is 116 Å². The van der Waals surface area contributed by atoms with Crippen molar-refractivity contribution in [2.45, 2.75) is 39.2 Å². The normalized spacial score (nSPS) is 11.7. The Morgan fingerprint density at radius 1 is 1.53 bits per heavy atom. The van der Waals surface area contributed by atoms with Crippen molar-refractivity contribution in [1.82, 2.24) is 15.5 Å². The summed E-state index contributed by atoms with van der Waals surface area (Å²) >= 11 is 1.28. The minimum absolute atomic E-state index is 0.140. The molecule has 6 heteroatoms. The molecule has 3 N–H and O–H groups in total. The smallest absolute Gasteiger partial charge is 0.263 e. The third-order valence-corrected chi connectivity index (χ3v) is 4.06. The maximum Gasteiger partial charge on any atom is 0.263 e. The number of thiophene rings is 1. The molecule has 0 aromatic carbocycles. The van der Waals surface area contributed by atoms with Gasteiger partial charge >= 0.3 is 0 Å². The lowest BCUT2D eigenvalue weighted by Gasteiger charge is -2.25. The topological polar surface area (TPSA) is 80.9 Å². The highest BCUT2D eigenvalue weighted by molar-refractivity contribution is 7.21. The Hall–Kier alpha value is -1.69. The van der Waals surface area contributed by atoms with Crippen LogP contribution in [0.2, 0.25) is 0 Å². The predicted octanol–water partition coefficient (Wildman–Crippen LogP) is 2.58. The van der Waals surface area contributed by atoms with Crippen LogP contribution in [0.3, 0.4) is 0 Å². The van der Waals surface area contributed by atoms with Gasteiger partial charge in [-0.1, -0.05) is 13.3 Å². The van der Waals surface area contributed by atoms with Gasteiger partial charge in [-0.3, -0.25) is 4.79 Å². The van der Waals surface area contributed by atoms with Gasteiger partial charge in [0.05, 0.1) is 11.9 Å². The van der Waals surface area contributed by atoms with Crippen LogP contribution in [-0.4, -0.2) is 21.6 Å². The lowest BCUT2D eigenvalue weighted by molar-refractivity contribution is 0.0914. The highest BCUT2D eigenvalue weighted by atomic mass is 32.1. The first-order valence-corrected chi connectivity index (χ1v) is 7.08. The van der Waals surface area contributed by atoms with Crippen LogP contribution in [0.5, 0.6) is 0 Å². The zero-order valence-electron chi connectivity index (χ0n) is 11.4. The van der Waals surface area contributed by atoms with Gasteiger partial charge in [-0.15, -0.1) is 16.4 Å². The highest BCUT2D eigenvalue weighted by Gasteiger charge is 2.23. The number of fused-ring (bicyclic) bond motifs is 1. The summed E-state index contributed by atoms with van der Waals surface area (Å²) in [4.78, 5) is 13.5. The van der Waals surface area contributed by atoms with Crippen LogP contribution in [0, 0.1) is 0 Å². The molecule has 5 nitrogen and oxygen atoms in total. The summed E-state index contributed by atoms with van der Waals surface area (Å²) in [5.41, 5.74) is 6.26. The highest BCUT2D eigenvalue weighted by Crippen LogP contribution is 2.31. The van der Waals surface area contributed by atoms with Crippen LogP contribution in [0.15, 0.2) is 12.3 Å². The number of hydrogen-bond acceptors (Lipinski definition) is 5. The van der Waals surface area contributed by atoms with Gasteiger partial charge in [-0.05, 0) is 26.3 Å². The van der Waals surface area contributed by atoms with Crippen molar-refractivity contribution < 1.29 is 4.79 Å². The molecule has 2 rings (SSSR count). The minimum Gasteiger partial charge on any atom is -0.397 e. The van der Waals surface area contributed by atoms with Gasteiger partial charge in [0.2, 0.25) is 0 Å². The van der Waals surface area contributed by atoms with Crippen LogP contribution in [0.25, 0.3) is 10.2 Å². The van der Waals surface area contributed by atoms with E-state index in [1.807, 2.05) is 13.8 Å². The second-order valence-corrected chi connectivity index (χ2v) is 6.18. The van der Waals surface area contributed by atoms with E-state index in [-0.39, 0.29) is 11.4 Å². The Morgan fingerprint density at radius 3 is 2.89 bits per heavy atom. The number of anilines is 1. The quantitative estimate of drug-likeness (QED) is 0.900. The third-order valence-electron chi connectivity index (χ3n) is 2.95. The number of aromatic nitrogens is 2. The SMILES string of the molecule is CCCC(C)(C)NC(=O)c1sc2nnccc2c1N. The van der Waals surface area contributed by atoms with Crippen molar-refractivity contribution in [1.29, 1.82) is 0 Å². The molecule has 2 aromatic heterocycles. The summed E-state index contributed by atoms with van der Waals surface area (Å²) in [6.07, 6.45) is 3.51. The van der Waals surface area contributed by atoms with Crippen LogP contribution < -0.4 is 11.1 Å². The number of nitrogen functional groups attached to an aromatic ring is 1. The number of hydrogen-bond donors (Lipinski definition) is 2. The van der Waals surface area contributed by atoms with Crippen LogP contribution in [-0.2, 0) is 0 Å². The van der Waals surface area contributed by atoms with Gasteiger partial charge in [0.1, 0.15) is 9.71 Å². The largest absolute Gasteiger partial charge is 0.397 e. The molecule has 0 aliphatic carbocycles. The van der Waals surface area contributed by atoms with E-state index < -0.39 is 0 Å². The Morgan fingerprint density at radius 2 is 2.26 bits per heavy atom. The molecule has 0 bridgehead atoms. The van der Waals surface area contributed by atoms with Crippen molar-refractivity contribution in [3.63, 3.8) is 0 Å². The molecular formula is C13H18N4OS. The van der Waals surface area contributed by atoms with Crippen LogP contribution in [0.1, 0.15) is 43.3 Å². The van der Waals surface area contributed by atoms with Gasteiger partial charge in [-0.25, -0.2) is 0 Å². The molecule has 1 amide bonds. The van der Waals surface area contributed by atoms with E-state index >= 15 is 0 Å². The first kappa shape index (κ1) is 13.7. The molecule has 0 atom stereocenters. The van der Waals surface area contributed by atoms with E-state index in [9.17, 15) is 4.79 Å². The van der Waals surface area contributed by atoms with Crippen LogP contribution in [0.4, 0.5) is 5.69 Å². The zero-order valence-corrected chi connectivity index (χ0v) is 12.2. The average molecular weight is 278 g/mol. The Balaban J connectivity index is 2.29. The summed E-state index contributed by atoms with van der Waals surface area (Å²) in [7, 11) is 0. The molecule has 0 aliphatic heterocycles. The number of nitrogens with zero attached hydrogens (tertiary/aromatic N) is 2. The maximum absolute atomic E-state index is 12.3. The molecule has 0 radical (unpaired) electrons. The molecule has 0 aliphatic rings. The third kappa shape index (κ3) is 2.84. The van der Waals surface area contributed by atoms with Gasteiger partial charge in [0.25, 0.3) is 5.91 Å². The van der Waals surface area contributed by atoms with Crippen molar-refractivity contribution in [2.24, 2.45) is 0 Å². The van der Waals surface area contributed by atoms with E-state index in [0.29, 0.717) is 15.4 Å². The lowest BCUT2D eigenvalue weighted by Crippen LogP contribution is -2.43. The molecule has 0 unspecified atom stereocenters. The average Bonchev–Trinajstić information content (AvgIpc) is 2.67. The number of rotatable bonds is 4. The van der Waals surface area contributed by atoms with Gasteiger partial charge in [-0.2, -0.15) is 5.10 Å². The molecular weight excluding hydrogens is 260 g/mol. The summed E-state index contributed by atoms with van der Waals surface area (Å²) in [5.74, 6) is -0.140. The summed E-state index contributed by atoms with van der Waals surface area (Å²) in [6, 6.07) is 1.78. The first-order valence-electron chi connectivity index (χ1n) is 6.27. The summed E-state index contributed by atoms with van der Waals surface area (Å²) in [5, 5.41) is 11.6. The van der Waals surface area contributed by atoms with E-state index in [1.165, 1.54) is 11.3 Å². The minimum atomic E-state index is -0.236. The summed E-state index contributed by atoms with van der Waals surface area (Å²) < 4.78 is 0. The summed E-state index contributed by atoms with van der Waals surface area (Å²) in [6.45, 7) is 6.12. The monoisotopic (exact) mass is 278 g/mol. The van der Waals surface area contributed by atoms with E-state index in [2.05, 4.69) is 22.4 Å². The molecule has 0 saturated carbocycles. The standard InChI is InChI=1S/C13H18N4OS/c1-4-6-13(2,3)16-11(18)10-9(14)8-5-7-15-17-12(8)19-10/h5,7H,4,6,14H2,1-3H3,(H,16,18). The molecule has 102 valence electrons. The molecule has 0 saturated heterocycles. The van der Waals surface area contributed by atoms with Crippen molar-refractivity contribution in [2.75, 3.05) is 5.73 Å². The molecule has 19 heavy (non-hydrogen) atoms. The van der Waals surface area contributed by atoms with Crippen molar-refractivity contribution in [3.05, 3.63) is 17.1 Å². The number of carbonyl (C=O) groups is 1. The van der Waals surface area contributed by atoms with Gasteiger partial charge in [0.15, 0.2) is 0 Å². The fraction of sp³-hybridized carbons (Fsp3) is 0.462. The van der Waals surface area contributed by atoms with Crippen molar-refractivity contribution in [3.8, 4) is 0 Å². The predicted molar refractivity (Wildman–Crippen MR) is 78.3 cm³/mol. The van der Waals surface area contributed by atoms with E-state index in [4.69, 9.17) is 5.73 Å². The van der Waals surface area contributed by atoms with E-state index in [1.54, 1.807) is 12.3 Å². The van der Waals surface area contributed by atoms with E-state index in [0.717, 1.165) is 18.2 Å². The van der Waals surface area contributed by atoms with Gasteiger partial charge < -0.3 is 11.1 Å². The lowest BCUT2D eigenvalue weighted by atomic mass is 9.99. The second-order valence-electron chi connectivity index (χ2n) is 5.18. The van der Waals surface area contributed by atoms with Crippen molar-refractivity contribution >= 4 is 33.1 Å². The molecule has 0 fully saturated rings. The Kier molecular flexibility index (Phi) is 3.71. The molecule has 2 aromatic rings. The van der Waals surface area contributed by atoms with Crippen LogP contribution >= 0.6 is 11.3 Å². The Bertz CT molecular complexity index is 606. The maximum atomic E-state index is 12.3. The first-order chi connectivity index (χ1) is 8.94. The number of amides is 1. The molecule has 0 spiro atoms. The fourth-order valence-corrected chi connectivity index (χ4v) is 3.03. The second kappa shape index (κ2) is 5.13. The zero-order chi connectivity index (χ0) is 14.0.